The van der Waals surface area contributed by atoms with Gasteiger partial charge in [0.15, 0.2) is 4.96 Å². The molecule has 2 aromatic heterocycles. The Morgan fingerprint density at radius 1 is 1.55 bits per heavy atom. The molecule has 1 atom stereocenters. The highest BCUT2D eigenvalue weighted by Crippen LogP contribution is 2.17. The summed E-state index contributed by atoms with van der Waals surface area (Å²) in [6.07, 6.45) is 6.72. The number of likely N-dealkylation sites (tertiary alicyclic amines) is 1. The van der Waals surface area contributed by atoms with Gasteiger partial charge in [-0.15, -0.1) is 11.3 Å². The number of aromatic nitrogens is 2. The van der Waals surface area contributed by atoms with Crippen molar-refractivity contribution in [1.29, 1.82) is 0 Å². The van der Waals surface area contributed by atoms with Crippen molar-refractivity contribution < 1.29 is 4.79 Å². The third-order valence-corrected chi connectivity index (χ3v) is 5.12. The Morgan fingerprint density at radius 2 is 2.41 bits per heavy atom. The van der Waals surface area contributed by atoms with Crippen LogP contribution in [-0.4, -0.2) is 45.9 Å². The van der Waals surface area contributed by atoms with Gasteiger partial charge in [-0.05, 0) is 39.2 Å². The van der Waals surface area contributed by atoms with E-state index in [2.05, 4.69) is 29.0 Å². The van der Waals surface area contributed by atoms with Gasteiger partial charge in [-0.2, -0.15) is 0 Å². The first-order valence-electron chi connectivity index (χ1n) is 8.03. The van der Waals surface area contributed by atoms with E-state index in [1.54, 1.807) is 11.3 Å². The van der Waals surface area contributed by atoms with E-state index in [1.165, 1.54) is 19.4 Å². The van der Waals surface area contributed by atoms with Crippen LogP contribution in [0.15, 0.2) is 17.8 Å². The smallest absolute Gasteiger partial charge is 0.226 e. The Hall–Kier alpha value is -1.40. The molecule has 1 N–H and O–H groups in total. The van der Waals surface area contributed by atoms with Gasteiger partial charge < -0.3 is 10.2 Å². The quantitative estimate of drug-likeness (QED) is 0.918. The van der Waals surface area contributed by atoms with E-state index in [9.17, 15) is 4.79 Å². The Balaban J connectivity index is 1.46. The summed E-state index contributed by atoms with van der Waals surface area (Å²) in [7, 11) is 0. The summed E-state index contributed by atoms with van der Waals surface area (Å²) in [6, 6.07) is 0.594. The highest BCUT2D eigenvalue weighted by Gasteiger charge is 2.22. The average molecular weight is 320 g/mol. The first-order chi connectivity index (χ1) is 10.6. The monoisotopic (exact) mass is 320 g/mol. The van der Waals surface area contributed by atoms with Gasteiger partial charge in [0.2, 0.25) is 5.91 Å². The van der Waals surface area contributed by atoms with Crippen LogP contribution in [0.1, 0.15) is 32.4 Å². The number of fused-ring (bicyclic) bond motifs is 1. The van der Waals surface area contributed by atoms with E-state index in [0.29, 0.717) is 18.4 Å². The number of hydrogen-bond donors (Lipinski definition) is 1. The number of thiazole rings is 1. The van der Waals surface area contributed by atoms with Crippen LogP contribution in [0.3, 0.4) is 0 Å². The van der Waals surface area contributed by atoms with Gasteiger partial charge in [0.05, 0.1) is 12.1 Å². The molecule has 0 bridgehead atoms. The number of nitrogens with one attached hydrogen (secondary N) is 1. The zero-order valence-electron chi connectivity index (χ0n) is 13.3. The minimum atomic E-state index is 0.0763. The molecule has 120 valence electrons. The van der Waals surface area contributed by atoms with Crippen molar-refractivity contribution in [2.24, 2.45) is 5.92 Å². The van der Waals surface area contributed by atoms with Gasteiger partial charge in [-0.1, -0.05) is 0 Å². The predicted octanol–water partition coefficient (Wildman–Crippen LogP) is 2.17. The summed E-state index contributed by atoms with van der Waals surface area (Å²) in [5.74, 6) is 0.651. The Bertz CT molecular complexity index is 604. The van der Waals surface area contributed by atoms with Crippen LogP contribution < -0.4 is 5.32 Å². The molecule has 0 aliphatic carbocycles. The number of rotatable bonds is 5. The standard InChI is InChI=1S/C16H24N4OS/c1-12(2)19-5-3-4-13(10-19)9-17-15(21)8-14-11-20-6-7-22-16(20)18-14/h6-7,11-13H,3-5,8-10H2,1-2H3,(H,17,21). The second-order valence-electron chi connectivity index (χ2n) is 6.40. The van der Waals surface area contributed by atoms with Crippen molar-refractivity contribution in [3.63, 3.8) is 0 Å². The summed E-state index contributed by atoms with van der Waals surface area (Å²) < 4.78 is 1.97. The molecule has 1 saturated heterocycles. The van der Waals surface area contributed by atoms with Crippen molar-refractivity contribution in [3.8, 4) is 0 Å². The number of nitrogens with zero attached hydrogens (tertiary/aromatic N) is 3. The predicted molar refractivity (Wildman–Crippen MR) is 89.2 cm³/mol. The Morgan fingerprint density at radius 3 is 3.18 bits per heavy atom. The normalized spacial score (nSPS) is 19.9. The molecule has 1 unspecified atom stereocenters. The SMILES string of the molecule is CC(C)N1CCCC(CNC(=O)Cc2cn3ccsc3n2)C1. The van der Waals surface area contributed by atoms with Crippen LogP contribution in [0.25, 0.3) is 4.96 Å². The number of amides is 1. The summed E-state index contributed by atoms with van der Waals surface area (Å²) in [5, 5.41) is 5.08. The molecule has 3 heterocycles. The maximum Gasteiger partial charge on any atom is 0.226 e. The molecule has 3 rings (SSSR count). The van der Waals surface area contributed by atoms with Crippen LogP contribution in [0.4, 0.5) is 0 Å². The molecule has 6 heteroatoms. The van der Waals surface area contributed by atoms with Gasteiger partial charge in [0.1, 0.15) is 0 Å². The zero-order chi connectivity index (χ0) is 15.5. The van der Waals surface area contributed by atoms with E-state index in [1.807, 2.05) is 22.2 Å². The van der Waals surface area contributed by atoms with Crippen LogP contribution in [-0.2, 0) is 11.2 Å². The lowest BCUT2D eigenvalue weighted by Crippen LogP contribution is -2.44. The maximum atomic E-state index is 12.1. The Kier molecular flexibility index (Phi) is 4.78. The number of carbonyl (C=O) groups excluding carboxylic acids is 1. The molecular formula is C16H24N4OS. The van der Waals surface area contributed by atoms with Crippen LogP contribution >= 0.6 is 11.3 Å². The molecule has 5 nitrogen and oxygen atoms in total. The lowest BCUT2D eigenvalue weighted by molar-refractivity contribution is -0.120. The molecular weight excluding hydrogens is 296 g/mol. The number of carbonyl (C=O) groups is 1. The summed E-state index contributed by atoms with van der Waals surface area (Å²) in [5.41, 5.74) is 0.844. The highest BCUT2D eigenvalue weighted by molar-refractivity contribution is 7.15. The molecule has 1 fully saturated rings. The summed E-state index contributed by atoms with van der Waals surface area (Å²) in [6.45, 7) is 7.55. The molecule has 1 aliphatic rings. The molecule has 0 radical (unpaired) electrons. The van der Waals surface area contributed by atoms with Gasteiger partial charge >= 0.3 is 0 Å². The summed E-state index contributed by atoms with van der Waals surface area (Å²) in [4.78, 5) is 20.0. The second kappa shape index (κ2) is 6.79. The molecule has 0 aromatic carbocycles. The number of piperidine rings is 1. The number of imidazole rings is 1. The summed E-state index contributed by atoms with van der Waals surface area (Å²) >= 11 is 1.59. The lowest BCUT2D eigenvalue weighted by Gasteiger charge is -2.35. The van der Waals surface area contributed by atoms with Crippen molar-refractivity contribution in [3.05, 3.63) is 23.5 Å². The van der Waals surface area contributed by atoms with Crippen molar-refractivity contribution >= 4 is 22.2 Å². The first kappa shape index (κ1) is 15.5. The molecule has 1 amide bonds. The van der Waals surface area contributed by atoms with Gasteiger partial charge in [-0.25, -0.2) is 4.98 Å². The lowest BCUT2D eigenvalue weighted by atomic mass is 9.97. The fourth-order valence-corrected chi connectivity index (χ4v) is 3.80. The highest BCUT2D eigenvalue weighted by atomic mass is 32.1. The molecule has 0 saturated carbocycles. The second-order valence-corrected chi connectivity index (χ2v) is 7.28. The average Bonchev–Trinajstić information content (AvgIpc) is 3.06. The Labute approximate surface area is 135 Å². The van der Waals surface area contributed by atoms with Gasteiger partial charge in [-0.3, -0.25) is 9.20 Å². The van der Waals surface area contributed by atoms with E-state index >= 15 is 0 Å². The minimum Gasteiger partial charge on any atom is -0.355 e. The van der Waals surface area contributed by atoms with Crippen LogP contribution in [0.5, 0.6) is 0 Å². The van der Waals surface area contributed by atoms with E-state index in [4.69, 9.17) is 0 Å². The van der Waals surface area contributed by atoms with E-state index in [0.717, 1.165) is 23.7 Å². The molecule has 2 aromatic rings. The van der Waals surface area contributed by atoms with Gasteiger partial charge in [0, 0.05) is 36.9 Å². The zero-order valence-corrected chi connectivity index (χ0v) is 14.1. The maximum absolute atomic E-state index is 12.1. The van der Waals surface area contributed by atoms with E-state index < -0.39 is 0 Å². The topological polar surface area (TPSA) is 49.6 Å². The minimum absolute atomic E-state index is 0.0763. The van der Waals surface area contributed by atoms with Crippen molar-refractivity contribution in [2.75, 3.05) is 19.6 Å². The third kappa shape index (κ3) is 3.67. The fraction of sp³-hybridized carbons (Fsp3) is 0.625. The first-order valence-corrected chi connectivity index (χ1v) is 8.91. The van der Waals surface area contributed by atoms with Crippen molar-refractivity contribution in [2.45, 2.75) is 39.2 Å². The van der Waals surface area contributed by atoms with E-state index in [-0.39, 0.29) is 5.91 Å². The van der Waals surface area contributed by atoms with Crippen LogP contribution in [0, 0.1) is 5.92 Å². The van der Waals surface area contributed by atoms with Crippen LogP contribution in [0.2, 0.25) is 0 Å². The largest absolute Gasteiger partial charge is 0.355 e. The van der Waals surface area contributed by atoms with Crippen molar-refractivity contribution in [1.82, 2.24) is 19.6 Å². The molecule has 0 spiro atoms. The third-order valence-electron chi connectivity index (χ3n) is 4.35. The number of hydrogen-bond acceptors (Lipinski definition) is 4. The van der Waals surface area contributed by atoms with Gasteiger partial charge in [0.25, 0.3) is 0 Å². The molecule has 22 heavy (non-hydrogen) atoms. The fourth-order valence-electron chi connectivity index (χ4n) is 3.08. The molecule has 1 aliphatic heterocycles.